The third-order valence-electron chi connectivity index (χ3n) is 2.67. The summed E-state index contributed by atoms with van der Waals surface area (Å²) in [5.74, 6) is 0.524. The van der Waals surface area contributed by atoms with Crippen LogP contribution in [0.4, 0.5) is 0 Å². The summed E-state index contributed by atoms with van der Waals surface area (Å²) < 4.78 is 0. The van der Waals surface area contributed by atoms with Crippen LogP contribution in [-0.4, -0.2) is 15.0 Å². The van der Waals surface area contributed by atoms with Crippen LogP contribution in [0.5, 0.6) is 0 Å². The number of aryl methyl sites for hydroxylation is 1. The Labute approximate surface area is 106 Å². The van der Waals surface area contributed by atoms with Crippen molar-refractivity contribution in [3.05, 3.63) is 46.0 Å². The summed E-state index contributed by atoms with van der Waals surface area (Å²) in [5.41, 5.74) is 2.24. The van der Waals surface area contributed by atoms with Crippen LogP contribution in [0.15, 0.2) is 29.2 Å². The molecule has 0 aliphatic carbocycles. The summed E-state index contributed by atoms with van der Waals surface area (Å²) in [6.45, 7) is 8.07. The first-order valence-corrected chi connectivity index (χ1v) is 5.91. The van der Waals surface area contributed by atoms with Gasteiger partial charge in [0, 0.05) is 17.7 Å². The Hall–Kier alpha value is -1.97. The van der Waals surface area contributed by atoms with Crippen molar-refractivity contribution in [1.29, 1.82) is 0 Å². The van der Waals surface area contributed by atoms with Crippen LogP contribution in [0, 0.1) is 6.92 Å². The summed E-state index contributed by atoms with van der Waals surface area (Å²) in [6, 6.07) is 5.36. The summed E-state index contributed by atoms with van der Waals surface area (Å²) in [7, 11) is 0. The molecular weight excluding hydrogens is 226 g/mol. The van der Waals surface area contributed by atoms with E-state index in [9.17, 15) is 4.79 Å². The zero-order valence-corrected chi connectivity index (χ0v) is 11.1. The maximum atomic E-state index is 11.7. The Morgan fingerprint density at radius 3 is 2.56 bits per heavy atom. The highest BCUT2D eigenvalue weighted by Gasteiger charge is 2.17. The number of hydrogen-bond acceptors (Lipinski definition) is 3. The van der Waals surface area contributed by atoms with E-state index >= 15 is 0 Å². The van der Waals surface area contributed by atoms with Gasteiger partial charge >= 0.3 is 0 Å². The van der Waals surface area contributed by atoms with Crippen LogP contribution < -0.4 is 5.56 Å². The Morgan fingerprint density at radius 1 is 1.22 bits per heavy atom. The number of aromatic amines is 1. The predicted octanol–water partition coefficient (Wildman–Crippen LogP) is 2.44. The minimum atomic E-state index is -0.160. The molecule has 0 unspecified atom stereocenters. The van der Waals surface area contributed by atoms with Gasteiger partial charge in [0.15, 0.2) is 5.82 Å². The van der Waals surface area contributed by atoms with Crippen LogP contribution >= 0.6 is 0 Å². The molecule has 0 atom stereocenters. The third kappa shape index (κ3) is 2.64. The van der Waals surface area contributed by atoms with Crippen molar-refractivity contribution in [1.82, 2.24) is 15.0 Å². The number of nitrogens with one attached hydrogen (secondary N) is 1. The molecule has 0 fully saturated rings. The molecule has 0 saturated carbocycles. The number of hydrogen-bond donors (Lipinski definition) is 1. The number of pyridine rings is 1. The fourth-order valence-corrected chi connectivity index (χ4v) is 1.63. The van der Waals surface area contributed by atoms with E-state index in [4.69, 9.17) is 0 Å². The third-order valence-corrected chi connectivity index (χ3v) is 2.67. The molecule has 4 nitrogen and oxygen atoms in total. The summed E-state index contributed by atoms with van der Waals surface area (Å²) in [6.07, 6.45) is 1.72. The van der Waals surface area contributed by atoms with Crippen LogP contribution in [0.1, 0.15) is 32.0 Å². The first-order valence-electron chi connectivity index (χ1n) is 5.91. The highest BCUT2D eigenvalue weighted by molar-refractivity contribution is 5.50. The van der Waals surface area contributed by atoms with Crippen LogP contribution in [0.3, 0.4) is 0 Å². The van der Waals surface area contributed by atoms with Gasteiger partial charge in [0.2, 0.25) is 0 Å². The molecule has 0 saturated heterocycles. The first kappa shape index (κ1) is 12.5. The maximum absolute atomic E-state index is 11.7. The van der Waals surface area contributed by atoms with Crippen LogP contribution in [0.25, 0.3) is 11.5 Å². The van der Waals surface area contributed by atoms with Crippen molar-refractivity contribution in [2.24, 2.45) is 0 Å². The van der Waals surface area contributed by atoms with E-state index in [1.54, 1.807) is 12.3 Å². The molecule has 2 aromatic heterocycles. The number of nitrogens with zero attached hydrogens (tertiary/aromatic N) is 2. The second-order valence-electron chi connectivity index (χ2n) is 5.45. The fourth-order valence-electron chi connectivity index (χ4n) is 1.63. The normalized spacial score (nSPS) is 11.6. The SMILES string of the molecule is Cc1ccnc(-c2nc(C(C)(C)C)cc(=O)[nH]2)c1. The Morgan fingerprint density at radius 2 is 1.94 bits per heavy atom. The lowest BCUT2D eigenvalue weighted by atomic mass is 9.92. The quantitative estimate of drug-likeness (QED) is 0.836. The molecule has 2 rings (SSSR count). The van der Waals surface area contributed by atoms with Gasteiger partial charge < -0.3 is 4.98 Å². The molecule has 1 N–H and O–H groups in total. The molecule has 94 valence electrons. The Bertz CT molecular complexity index is 623. The van der Waals surface area contributed by atoms with E-state index in [0.717, 1.165) is 11.3 Å². The average molecular weight is 243 g/mol. The Balaban J connectivity index is 2.59. The predicted molar refractivity (Wildman–Crippen MR) is 71.5 cm³/mol. The highest BCUT2D eigenvalue weighted by Crippen LogP contribution is 2.20. The monoisotopic (exact) mass is 243 g/mol. The number of rotatable bonds is 1. The lowest BCUT2D eigenvalue weighted by Gasteiger charge is -2.17. The minimum Gasteiger partial charge on any atom is -0.305 e. The molecule has 0 spiro atoms. The number of H-pyrrole nitrogens is 1. The summed E-state index contributed by atoms with van der Waals surface area (Å²) in [4.78, 5) is 23.2. The molecule has 0 radical (unpaired) electrons. The average Bonchev–Trinajstić information content (AvgIpc) is 2.27. The van der Waals surface area contributed by atoms with Crippen LogP contribution in [-0.2, 0) is 5.41 Å². The van der Waals surface area contributed by atoms with Gasteiger partial charge in [0.05, 0.1) is 5.69 Å². The van der Waals surface area contributed by atoms with Crippen molar-refractivity contribution in [3.8, 4) is 11.5 Å². The second-order valence-corrected chi connectivity index (χ2v) is 5.45. The van der Waals surface area contributed by atoms with E-state index in [1.165, 1.54) is 0 Å². The van der Waals surface area contributed by atoms with Gasteiger partial charge in [-0.05, 0) is 24.6 Å². The lowest BCUT2D eigenvalue weighted by Crippen LogP contribution is -2.20. The standard InChI is InChI=1S/C14H17N3O/c1-9-5-6-15-10(7-9)13-16-11(14(2,3)4)8-12(18)17-13/h5-8H,1-4H3,(H,16,17,18). The van der Waals surface area contributed by atoms with Crippen molar-refractivity contribution in [2.75, 3.05) is 0 Å². The smallest absolute Gasteiger partial charge is 0.251 e. The van der Waals surface area contributed by atoms with Gasteiger partial charge in [-0.25, -0.2) is 4.98 Å². The van der Waals surface area contributed by atoms with E-state index < -0.39 is 0 Å². The van der Waals surface area contributed by atoms with Crippen molar-refractivity contribution < 1.29 is 0 Å². The molecule has 2 aromatic rings. The van der Waals surface area contributed by atoms with Gasteiger partial charge in [0.25, 0.3) is 5.56 Å². The molecule has 0 amide bonds. The molecule has 0 bridgehead atoms. The fraction of sp³-hybridized carbons (Fsp3) is 0.357. The minimum absolute atomic E-state index is 0.145. The van der Waals surface area contributed by atoms with E-state index in [0.29, 0.717) is 11.5 Å². The molecule has 4 heteroatoms. The molecule has 0 aliphatic rings. The first-order chi connectivity index (χ1) is 8.36. The highest BCUT2D eigenvalue weighted by atomic mass is 16.1. The van der Waals surface area contributed by atoms with E-state index in [2.05, 4.69) is 15.0 Å². The van der Waals surface area contributed by atoms with Gasteiger partial charge in [-0.3, -0.25) is 9.78 Å². The Kier molecular flexibility index (Phi) is 3.03. The largest absolute Gasteiger partial charge is 0.305 e. The number of aromatic nitrogens is 3. The second kappa shape index (κ2) is 4.37. The van der Waals surface area contributed by atoms with Gasteiger partial charge in [-0.15, -0.1) is 0 Å². The van der Waals surface area contributed by atoms with Gasteiger partial charge in [-0.2, -0.15) is 0 Å². The van der Waals surface area contributed by atoms with Gasteiger partial charge in [-0.1, -0.05) is 20.8 Å². The van der Waals surface area contributed by atoms with Crippen molar-refractivity contribution in [2.45, 2.75) is 33.1 Å². The van der Waals surface area contributed by atoms with E-state index in [1.807, 2.05) is 39.8 Å². The molecule has 2 heterocycles. The lowest BCUT2D eigenvalue weighted by molar-refractivity contribution is 0.566. The zero-order chi connectivity index (χ0) is 13.3. The molecule has 0 aromatic carbocycles. The summed E-state index contributed by atoms with van der Waals surface area (Å²) in [5, 5.41) is 0. The molecular formula is C14H17N3O. The van der Waals surface area contributed by atoms with Crippen molar-refractivity contribution >= 4 is 0 Å². The summed E-state index contributed by atoms with van der Waals surface area (Å²) >= 11 is 0. The molecule has 0 aliphatic heterocycles. The zero-order valence-electron chi connectivity index (χ0n) is 11.1. The maximum Gasteiger partial charge on any atom is 0.251 e. The molecule has 18 heavy (non-hydrogen) atoms. The topological polar surface area (TPSA) is 58.6 Å². The van der Waals surface area contributed by atoms with Gasteiger partial charge in [0.1, 0.15) is 5.69 Å². The van der Waals surface area contributed by atoms with Crippen LogP contribution in [0.2, 0.25) is 0 Å². The van der Waals surface area contributed by atoms with E-state index in [-0.39, 0.29) is 11.0 Å². The van der Waals surface area contributed by atoms with Crippen molar-refractivity contribution in [3.63, 3.8) is 0 Å².